The van der Waals surface area contributed by atoms with Crippen LogP contribution in [0, 0.1) is 0 Å². The number of esters is 3. The minimum Gasteiger partial charge on any atom is -0.463 e. The molecule has 14 heteroatoms. The molecule has 1 aliphatic rings. The van der Waals surface area contributed by atoms with Crippen LogP contribution < -0.4 is 11.4 Å². The monoisotopic (exact) mass is 483 g/mol. The topological polar surface area (TPSA) is 167 Å². The van der Waals surface area contributed by atoms with Crippen molar-refractivity contribution in [3.8, 4) is 0 Å². The average molecular weight is 484 g/mol. The number of ether oxygens (including phenoxy) is 4. The van der Waals surface area contributed by atoms with Gasteiger partial charge in [-0.05, 0) is 0 Å². The predicted octanol–water partition coefficient (Wildman–Crippen LogP) is 0.338. The number of nitrogen functional groups attached to an aromatic ring is 1. The molecular weight excluding hydrogens is 462 g/mol. The number of anilines is 1. The van der Waals surface area contributed by atoms with Gasteiger partial charge in [0.15, 0.2) is 29.2 Å². The second-order valence-corrected chi connectivity index (χ2v) is 7.47. The average Bonchev–Trinajstić information content (AvgIpc) is 3.15. The number of nitrogens with two attached hydrogens (primary N) is 1. The molecule has 2 aromatic rings. The SMILES string of the molecule is C=CCn1c(=O)n([C@@H]2O[C@H](COC(C)=O)[C@@H](OC(C)=O)[C@H]2OC(C)=O)c2nc(N)nc(Cl)c21. The van der Waals surface area contributed by atoms with Crippen LogP contribution >= 0.6 is 11.6 Å². The highest BCUT2D eigenvalue weighted by Gasteiger charge is 2.52. The maximum atomic E-state index is 13.4. The summed E-state index contributed by atoms with van der Waals surface area (Å²) in [7, 11) is 0. The Balaban J connectivity index is 2.21. The number of halogens is 1. The summed E-state index contributed by atoms with van der Waals surface area (Å²) in [5.41, 5.74) is 5.23. The maximum absolute atomic E-state index is 13.4. The van der Waals surface area contributed by atoms with E-state index in [0.29, 0.717) is 0 Å². The summed E-state index contributed by atoms with van der Waals surface area (Å²) in [6, 6.07) is 0. The molecule has 1 fully saturated rings. The molecule has 13 nitrogen and oxygen atoms in total. The van der Waals surface area contributed by atoms with Crippen molar-refractivity contribution in [2.75, 3.05) is 12.3 Å². The molecule has 3 rings (SSSR count). The first-order valence-corrected chi connectivity index (χ1v) is 10.1. The fraction of sp³-hybridized carbons (Fsp3) is 0.474. The van der Waals surface area contributed by atoms with Gasteiger partial charge in [-0.25, -0.2) is 9.36 Å². The summed E-state index contributed by atoms with van der Waals surface area (Å²) >= 11 is 6.24. The summed E-state index contributed by atoms with van der Waals surface area (Å²) in [5, 5.41) is -0.0924. The number of hydrogen-bond donors (Lipinski definition) is 1. The molecule has 0 amide bonds. The molecule has 178 valence electrons. The molecular formula is C19H22ClN5O8. The van der Waals surface area contributed by atoms with Crippen LogP contribution in [-0.4, -0.2) is 61.9 Å². The number of aromatic nitrogens is 4. The van der Waals surface area contributed by atoms with Gasteiger partial charge in [-0.1, -0.05) is 17.7 Å². The Morgan fingerprint density at radius 1 is 1.15 bits per heavy atom. The Bertz CT molecular complexity index is 1180. The zero-order valence-corrected chi connectivity index (χ0v) is 18.8. The summed E-state index contributed by atoms with van der Waals surface area (Å²) in [6.07, 6.45) is -3.42. The van der Waals surface area contributed by atoms with E-state index in [1.165, 1.54) is 17.6 Å². The van der Waals surface area contributed by atoms with E-state index in [2.05, 4.69) is 16.5 Å². The smallest absolute Gasteiger partial charge is 0.333 e. The van der Waals surface area contributed by atoms with Crippen LogP contribution in [0.4, 0.5) is 5.95 Å². The Morgan fingerprint density at radius 3 is 2.36 bits per heavy atom. The van der Waals surface area contributed by atoms with Gasteiger partial charge in [-0.2, -0.15) is 9.97 Å². The van der Waals surface area contributed by atoms with Gasteiger partial charge in [0.25, 0.3) is 0 Å². The predicted molar refractivity (Wildman–Crippen MR) is 113 cm³/mol. The molecule has 1 saturated heterocycles. The van der Waals surface area contributed by atoms with Crippen LogP contribution in [0.15, 0.2) is 17.4 Å². The standard InChI is InChI=1S/C19H22ClN5O8/c1-5-6-24-12-15(20)22-18(21)23-16(12)25(19(24)29)17-14(32-10(4)28)13(31-9(3)27)11(33-17)7-30-8(2)26/h5,11,13-14,17H,1,6-7H2,2-4H3,(H2,21,22,23)/t11-,13-,14-,17-/m1/s1. The molecule has 0 bridgehead atoms. The third-order valence-electron chi connectivity index (χ3n) is 4.68. The van der Waals surface area contributed by atoms with E-state index in [9.17, 15) is 19.2 Å². The molecule has 0 spiro atoms. The Kier molecular flexibility index (Phi) is 7.03. The minimum atomic E-state index is -1.33. The molecule has 0 unspecified atom stereocenters. The van der Waals surface area contributed by atoms with Gasteiger partial charge in [-0.15, -0.1) is 6.58 Å². The summed E-state index contributed by atoms with van der Waals surface area (Å²) in [5.74, 6) is -2.26. The number of imidazole rings is 1. The van der Waals surface area contributed by atoms with Crippen molar-refractivity contribution in [1.82, 2.24) is 19.1 Å². The van der Waals surface area contributed by atoms with Gasteiger partial charge in [0.05, 0.1) is 0 Å². The first-order valence-electron chi connectivity index (χ1n) is 9.73. The first-order chi connectivity index (χ1) is 15.5. The van der Waals surface area contributed by atoms with E-state index in [1.807, 2.05) is 0 Å². The zero-order chi connectivity index (χ0) is 24.4. The first kappa shape index (κ1) is 24.2. The molecule has 1 aliphatic heterocycles. The second-order valence-electron chi connectivity index (χ2n) is 7.11. The molecule has 0 saturated carbocycles. The lowest BCUT2D eigenvalue weighted by molar-refractivity contribution is -0.166. The number of carbonyl (C=O) groups excluding carboxylic acids is 3. The van der Waals surface area contributed by atoms with Gasteiger partial charge in [0.1, 0.15) is 18.2 Å². The number of hydrogen-bond acceptors (Lipinski definition) is 11. The fourth-order valence-electron chi connectivity index (χ4n) is 3.58. The van der Waals surface area contributed by atoms with Crippen LogP contribution in [0.3, 0.4) is 0 Å². The highest BCUT2D eigenvalue weighted by atomic mass is 35.5. The lowest BCUT2D eigenvalue weighted by Gasteiger charge is -2.23. The van der Waals surface area contributed by atoms with Crippen LogP contribution in [0.5, 0.6) is 0 Å². The third kappa shape index (κ3) is 4.83. The highest BCUT2D eigenvalue weighted by Crippen LogP contribution is 2.36. The van der Waals surface area contributed by atoms with Crippen molar-refractivity contribution >= 4 is 46.6 Å². The van der Waals surface area contributed by atoms with Crippen LogP contribution in [0.1, 0.15) is 27.0 Å². The molecule has 0 aromatic carbocycles. The second kappa shape index (κ2) is 9.58. The molecule has 0 radical (unpaired) electrons. The minimum absolute atomic E-state index is 0.00351. The lowest BCUT2D eigenvalue weighted by atomic mass is 10.1. The fourth-order valence-corrected chi connectivity index (χ4v) is 3.85. The van der Waals surface area contributed by atoms with Crippen LogP contribution in [-0.2, 0) is 39.9 Å². The van der Waals surface area contributed by atoms with Gasteiger partial charge in [0, 0.05) is 27.3 Å². The van der Waals surface area contributed by atoms with E-state index in [0.717, 1.165) is 18.4 Å². The molecule has 3 heterocycles. The summed E-state index contributed by atoms with van der Waals surface area (Å²) in [6.45, 7) is 6.82. The maximum Gasteiger partial charge on any atom is 0.333 e. The van der Waals surface area contributed by atoms with E-state index < -0.39 is 48.1 Å². The van der Waals surface area contributed by atoms with Gasteiger partial charge in [-0.3, -0.25) is 19.0 Å². The van der Waals surface area contributed by atoms with E-state index in [4.69, 9.17) is 36.3 Å². The number of fused-ring (bicyclic) bond motifs is 1. The van der Waals surface area contributed by atoms with Crippen molar-refractivity contribution in [3.63, 3.8) is 0 Å². The number of nitrogens with zero attached hydrogens (tertiary/aromatic N) is 4. The highest BCUT2D eigenvalue weighted by molar-refractivity contribution is 6.33. The normalized spacial score (nSPS) is 22.2. The van der Waals surface area contributed by atoms with Crippen LogP contribution in [0.25, 0.3) is 11.2 Å². The largest absolute Gasteiger partial charge is 0.463 e. The van der Waals surface area contributed by atoms with Crippen molar-refractivity contribution in [3.05, 3.63) is 28.3 Å². The van der Waals surface area contributed by atoms with E-state index >= 15 is 0 Å². The Morgan fingerprint density at radius 2 is 1.79 bits per heavy atom. The molecule has 4 atom stereocenters. The number of rotatable bonds is 7. The van der Waals surface area contributed by atoms with Crippen molar-refractivity contribution in [2.24, 2.45) is 0 Å². The lowest BCUT2D eigenvalue weighted by Crippen LogP contribution is -2.41. The van der Waals surface area contributed by atoms with Gasteiger partial charge in [0.2, 0.25) is 5.95 Å². The molecule has 33 heavy (non-hydrogen) atoms. The van der Waals surface area contributed by atoms with E-state index in [1.54, 1.807) is 0 Å². The van der Waals surface area contributed by atoms with Crippen molar-refractivity contribution in [1.29, 1.82) is 0 Å². The molecule has 2 N–H and O–H groups in total. The zero-order valence-electron chi connectivity index (χ0n) is 18.0. The molecule has 0 aliphatic carbocycles. The summed E-state index contributed by atoms with van der Waals surface area (Å²) < 4.78 is 23.9. The van der Waals surface area contributed by atoms with E-state index in [-0.39, 0.29) is 35.4 Å². The van der Waals surface area contributed by atoms with Crippen LogP contribution in [0.2, 0.25) is 5.15 Å². The van der Waals surface area contributed by atoms with Gasteiger partial charge >= 0.3 is 23.6 Å². The number of carbonyl (C=O) groups is 3. The summed E-state index contributed by atoms with van der Waals surface area (Å²) in [4.78, 5) is 56.3. The quantitative estimate of drug-likeness (QED) is 0.249. The molecule has 2 aromatic heterocycles. The third-order valence-corrected chi connectivity index (χ3v) is 4.95. The van der Waals surface area contributed by atoms with Gasteiger partial charge < -0.3 is 24.7 Å². The Labute approximate surface area is 192 Å². The van der Waals surface area contributed by atoms with Crippen molar-refractivity contribution in [2.45, 2.75) is 51.9 Å². The Hall–Kier alpha value is -3.45. The number of allylic oxidation sites excluding steroid dienone is 1. The van der Waals surface area contributed by atoms with Crippen molar-refractivity contribution < 1.29 is 33.3 Å².